The maximum atomic E-state index is 13.8. The predicted octanol–water partition coefficient (Wildman–Crippen LogP) is 3.56. The number of hydrogen-bond donors (Lipinski definition) is 0. The van der Waals surface area contributed by atoms with Crippen LogP contribution in [0.2, 0.25) is 0 Å². The summed E-state index contributed by atoms with van der Waals surface area (Å²) < 4.78 is 25.2. The van der Waals surface area contributed by atoms with Crippen LogP contribution in [0.1, 0.15) is 50.4 Å². The molecule has 0 radical (unpaired) electrons. The number of piperidine rings is 1. The van der Waals surface area contributed by atoms with Crippen LogP contribution < -0.4 is 4.74 Å². The van der Waals surface area contributed by atoms with Crippen LogP contribution in [0.4, 0.5) is 9.18 Å². The minimum atomic E-state index is -0.656. The Bertz CT molecular complexity index is 672. The van der Waals surface area contributed by atoms with Gasteiger partial charge in [-0.1, -0.05) is 6.07 Å². The third-order valence-corrected chi connectivity index (χ3v) is 4.39. The molecule has 130 valence electrons. The lowest BCUT2D eigenvalue weighted by atomic mass is 9.82. The molecule has 1 spiro atoms. The van der Waals surface area contributed by atoms with E-state index in [0.29, 0.717) is 31.7 Å². The number of hydrogen-bond acceptors (Lipinski definition) is 4. The highest BCUT2D eigenvalue weighted by molar-refractivity contribution is 6.00. The number of likely N-dealkylation sites (tertiary alicyclic amines) is 1. The van der Waals surface area contributed by atoms with E-state index >= 15 is 0 Å². The number of rotatable bonds is 0. The number of Topliss-reactive ketones (excluding diaryl/α,β-unsaturated/α-hetero) is 1. The van der Waals surface area contributed by atoms with E-state index < -0.39 is 17.0 Å². The van der Waals surface area contributed by atoms with Gasteiger partial charge >= 0.3 is 6.09 Å². The summed E-state index contributed by atoms with van der Waals surface area (Å²) >= 11 is 0. The molecule has 24 heavy (non-hydrogen) atoms. The van der Waals surface area contributed by atoms with Crippen molar-refractivity contribution in [3.63, 3.8) is 0 Å². The van der Waals surface area contributed by atoms with Gasteiger partial charge in [-0.25, -0.2) is 9.18 Å². The van der Waals surface area contributed by atoms with Crippen molar-refractivity contribution in [3.05, 3.63) is 29.6 Å². The molecule has 6 heteroatoms. The lowest BCUT2D eigenvalue weighted by Crippen LogP contribution is -2.53. The van der Waals surface area contributed by atoms with Crippen molar-refractivity contribution in [1.82, 2.24) is 4.90 Å². The maximum absolute atomic E-state index is 13.8. The van der Waals surface area contributed by atoms with Crippen molar-refractivity contribution < 1.29 is 23.5 Å². The van der Waals surface area contributed by atoms with Crippen molar-refractivity contribution in [1.29, 1.82) is 0 Å². The average molecular weight is 335 g/mol. The van der Waals surface area contributed by atoms with Crippen LogP contribution in [0.3, 0.4) is 0 Å². The van der Waals surface area contributed by atoms with Crippen LogP contribution in [0.15, 0.2) is 18.2 Å². The van der Waals surface area contributed by atoms with E-state index in [0.717, 1.165) is 0 Å². The first-order valence-electron chi connectivity index (χ1n) is 8.18. The molecule has 0 unspecified atom stereocenters. The summed E-state index contributed by atoms with van der Waals surface area (Å²) in [5.74, 6) is -0.476. The second-order valence-corrected chi connectivity index (χ2v) is 7.47. The number of benzene rings is 1. The fraction of sp³-hybridized carbons (Fsp3) is 0.556. The Morgan fingerprint density at radius 1 is 1.29 bits per heavy atom. The molecule has 1 aromatic rings. The third-order valence-electron chi connectivity index (χ3n) is 4.39. The minimum absolute atomic E-state index is 0.0395. The summed E-state index contributed by atoms with van der Waals surface area (Å²) in [5.41, 5.74) is -1.16. The largest absolute Gasteiger partial charge is 0.486 e. The second-order valence-electron chi connectivity index (χ2n) is 7.47. The van der Waals surface area contributed by atoms with E-state index in [4.69, 9.17) is 9.47 Å². The molecule has 0 atom stereocenters. The smallest absolute Gasteiger partial charge is 0.410 e. The van der Waals surface area contributed by atoms with Gasteiger partial charge in [0.05, 0.1) is 12.0 Å². The number of carbonyl (C=O) groups is 2. The first-order valence-corrected chi connectivity index (χ1v) is 8.18. The number of halogens is 1. The van der Waals surface area contributed by atoms with E-state index in [2.05, 4.69) is 0 Å². The van der Waals surface area contributed by atoms with Gasteiger partial charge in [-0.2, -0.15) is 0 Å². The highest BCUT2D eigenvalue weighted by Crippen LogP contribution is 2.40. The van der Waals surface area contributed by atoms with Gasteiger partial charge in [0.25, 0.3) is 0 Å². The molecule has 0 aromatic heterocycles. The molecule has 3 rings (SSSR count). The molecule has 1 amide bonds. The Hall–Kier alpha value is -2.11. The van der Waals surface area contributed by atoms with Crippen LogP contribution >= 0.6 is 0 Å². The quantitative estimate of drug-likeness (QED) is 0.727. The van der Waals surface area contributed by atoms with Crippen molar-refractivity contribution >= 4 is 11.9 Å². The summed E-state index contributed by atoms with van der Waals surface area (Å²) in [4.78, 5) is 26.1. The summed E-state index contributed by atoms with van der Waals surface area (Å²) in [5, 5.41) is 0. The van der Waals surface area contributed by atoms with Crippen LogP contribution in [-0.4, -0.2) is 41.1 Å². The van der Waals surface area contributed by atoms with Gasteiger partial charge in [0.2, 0.25) is 0 Å². The average Bonchev–Trinajstić information content (AvgIpc) is 2.45. The molecule has 2 aliphatic rings. The Balaban J connectivity index is 1.71. The predicted molar refractivity (Wildman–Crippen MR) is 85.7 cm³/mol. The topological polar surface area (TPSA) is 55.8 Å². The van der Waals surface area contributed by atoms with E-state index in [1.54, 1.807) is 11.0 Å². The first kappa shape index (κ1) is 16.7. The number of fused-ring (bicyclic) bond motifs is 1. The molecule has 0 bridgehead atoms. The van der Waals surface area contributed by atoms with Crippen molar-refractivity contribution in [2.45, 2.75) is 51.2 Å². The Kier molecular flexibility index (Phi) is 4.01. The normalized spacial score (nSPS) is 19.7. The number of nitrogens with zero attached hydrogens (tertiary/aromatic N) is 1. The third kappa shape index (κ3) is 3.23. The zero-order valence-corrected chi connectivity index (χ0v) is 14.2. The lowest BCUT2D eigenvalue weighted by molar-refractivity contribution is -0.0229. The highest BCUT2D eigenvalue weighted by Gasteiger charge is 2.44. The van der Waals surface area contributed by atoms with Gasteiger partial charge < -0.3 is 14.4 Å². The monoisotopic (exact) mass is 335 g/mol. The number of ether oxygens (including phenoxy) is 2. The summed E-state index contributed by atoms with van der Waals surface area (Å²) in [6.07, 6.45) is 0.830. The highest BCUT2D eigenvalue weighted by atomic mass is 19.1. The van der Waals surface area contributed by atoms with Crippen molar-refractivity contribution in [2.75, 3.05) is 13.1 Å². The van der Waals surface area contributed by atoms with Gasteiger partial charge in [-0.15, -0.1) is 0 Å². The standard InChI is InChI=1S/C18H22FNO4/c1-17(2,3)24-16(22)20-9-7-18(8-10-20)11-13(21)15-12(19)5-4-6-14(15)23-18/h4-6H,7-11H2,1-3H3. The fourth-order valence-corrected chi connectivity index (χ4v) is 3.21. The first-order chi connectivity index (χ1) is 11.2. The van der Waals surface area contributed by atoms with Gasteiger partial charge in [0, 0.05) is 25.9 Å². The van der Waals surface area contributed by atoms with Crippen LogP contribution in [0, 0.1) is 5.82 Å². The van der Waals surface area contributed by atoms with Gasteiger partial charge in [-0.3, -0.25) is 4.79 Å². The Morgan fingerprint density at radius 2 is 1.96 bits per heavy atom. The van der Waals surface area contributed by atoms with Crippen LogP contribution in [0.5, 0.6) is 5.75 Å². The van der Waals surface area contributed by atoms with Crippen LogP contribution in [0.25, 0.3) is 0 Å². The van der Waals surface area contributed by atoms with Crippen molar-refractivity contribution in [2.24, 2.45) is 0 Å². The molecule has 0 aliphatic carbocycles. The van der Waals surface area contributed by atoms with E-state index in [1.807, 2.05) is 20.8 Å². The van der Waals surface area contributed by atoms with E-state index in [9.17, 15) is 14.0 Å². The van der Waals surface area contributed by atoms with Gasteiger partial charge in [-0.05, 0) is 32.9 Å². The molecular formula is C18H22FNO4. The number of carbonyl (C=O) groups excluding carboxylic acids is 2. The van der Waals surface area contributed by atoms with Crippen molar-refractivity contribution in [3.8, 4) is 5.75 Å². The van der Waals surface area contributed by atoms with Gasteiger partial charge in [0.1, 0.15) is 22.8 Å². The molecule has 2 heterocycles. The Labute approximate surface area is 140 Å². The van der Waals surface area contributed by atoms with E-state index in [-0.39, 0.29) is 23.9 Å². The molecule has 1 aromatic carbocycles. The minimum Gasteiger partial charge on any atom is -0.486 e. The molecule has 0 saturated carbocycles. The SMILES string of the molecule is CC(C)(C)OC(=O)N1CCC2(CC1)CC(=O)c1c(F)cccc1O2. The molecule has 0 N–H and O–H groups in total. The molecule has 2 aliphatic heterocycles. The molecule has 1 saturated heterocycles. The van der Waals surface area contributed by atoms with Gasteiger partial charge in [0.15, 0.2) is 5.78 Å². The molecule has 1 fully saturated rings. The molecule has 5 nitrogen and oxygen atoms in total. The van der Waals surface area contributed by atoms with E-state index in [1.165, 1.54) is 12.1 Å². The second kappa shape index (κ2) is 5.76. The zero-order valence-electron chi connectivity index (χ0n) is 14.2. The van der Waals surface area contributed by atoms with Crippen LogP contribution in [-0.2, 0) is 4.74 Å². The lowest BCUT2D eigenvalue weighted by Gasteiger charge is -2.43. The zero-order chi connectivity index (χ0) is 17.5. The fourth-order valence-electron chi connectivity index (χ4n) is 3.21. The summed E-state index contributed by atoms with van der Waals surface area (Å²) in [7, 11) is 0. The number of amides is 1. The summed E-state index contributed by atoms with van der Waals surface area (Å²) in [6.45, 7) is 6.37. The maximum Gasteiger partial charge on any atom is 0.410 e. The molecular weight excluding hydrogens is 313 g/mol. The number of ketones is 1. The summed E-state index contributed by atoms with van der Waals surface area (Å²) in [6, 6.07) is 4.43. The Morgan fingerprint density at radius 3 is 2.58 bits per heavy atom.